The highest BCUT2D eigenvalue weighted by Gasteiger charge is 2.44. The van der Waals surface area contributed by atoms with E-state index in [1.807, 2.05) is 17.0 Å². The monoisotopic (exact) mass is 680 g/mol. The zero-order valence-corrected chi connectivity index (χ0v) is 27.2. The van der Waals surface area contributed by atoms with Gasteiger partial charge in [-0.25, -0.2) is 18.6 Å². The molecule has 6 heterocycles. The Morgan fingerprint density at radius 2 is 1.88 bits per heavy atom. The number of halogens is 2. The molecule has 2 aromatic carbocycles. The van der Waals surface area contributed by atoms with Gasteiger partial charge in [-0.1, -0.05) is 23.4 Å². The molecule has 1 atom stereocenters. The number of hydrogen-bond acceptors (Lipinski definition) is 9. The summed E-state index contributed by atoms with van der Waals surface area (Å²) in [7, 11) is 0. The normalized spacial score (nSPS) is 15.2. The van der Waals surface area contributed by atoms with Crippen molar-refractivity contribution >= 4 is 33.1 Å². The van der Waals surface area contributed by atoms with Gasteiger partial charge in [0.15, 0.2) is 17.4 Å². The molecule has 10 nitrogen and oxygen atoms in total. The van der Waals surface area contributed by atoms with Crippen LogP contribution in [0.3, 0.4) is 0 Å². The Hall–Kier alpha value is -5.43. The van der Waals surface area contributed by atoms with Crippen LogP contribution in [0.5, 0.6) is 5.75 Å². The van der Waals surface area contributed by atoms with Crippen LogP contribution >= 0.6 is 11.3 Å². The largest absolute Gasteiger partial charge is 0.491 e. The van der Waals surface area contributed by atoms with Crippen molar-refractivity contribution in [1.82, 2.24) is 25.0 Å². The smallest absolute Gasteiger partial charge is 0.439 e. The molecule has 0 unspecified atom stereocenters. The number of aromatic amines is 1. The minimum absolute atomic E-state index is 0.104. The van der Waals surface area contributed by atoms with E-state index in [9.17, 15) is 18.4 Å². The average molecular weight is 681 g/mol. The fraction of sp³-hybridized carbons (Fsp3) is 0.250. The third-order valence-corrected chi connectivity index (χ3v) is 10.2. The molecule has 1 fully saturated rings. The number of fused-ring (bicyclic) bond motifs is 4. The number of nitrogens with zero attached hydrogens (tertiary/aromatic N) is 4. The van der Waals surface area contributed by atoms with Gasteiger partial charge in [-0.05, 0) is 85.5 Å². The van der Waals surface area contributed by atoms with Crippen molar-refractivity contribution in [1.29, 1.82) is 0 Å². The zero-order valence-electron chi connectivity index (χ0n) is 26.4. The molecular weight excluding hydrogens is 650 g/mol. The summed E-state index contributed by atoms with van der Waals surface area (Å²) in [6.07, 6.45) is 4.39. The molecule has 1 saturated heterocycles. The summed E-state index contributed by atoms with van der Waals surface area (Å²) >= 11 is 1.46. The van der Waals surface area contributed by atoms with Gasteiger partial charge in [-0.15, -0.1) is 11.3 Å². The number of carbonyl (C=O) groups excluding carboxylic acids is 1. The van der Waals surface area contributed by atoms with Crippen LogP contribution in [-0.2, 0) is 19.4 Å². The minimum Gasteiger partial charge on any atom is -0.491 e. The van der Waals surface area contributed by atoms with Crippen molar-refractivity contribution in [2.45, 2.75) is 45.2 Å². The highest BCUT2D eigenvalue weighted by Crippen LogP contribution is 2.50. The van der Waals surface area contributed by atoms with E-state index in [2.05, 4.69) is 20.4 Å². The summed E-state index contributed by atoms with van der Waals surface area (Å²) in [4.78, 5) is 41.5. The zero-order chi connectivity index (χ0) is 33.6. The molecule has 248 valence electrons. The summed E-state index contributed by atoms with van der Waals surface area (Å²) in [6, 6.07) is 14.8. The lowest BCUT2D eigenvalue weighted by Gasteiger charge is -2.16. The first-order chi connectivity index (χ1) is 23.9. The molecule has 4 aromatic heterocycles. The summed E-state index contributed by atoms with van der Waals surface area (Å²) in [5, 5.41) is 8.35. The molecule has 2 aliphatic rings. The van der Waals surface area contributed by atoms with Crippen LogP contribution in [0.2, 0.25) is 0 Å². The number of thiophene rings is 1. The van der Waals surface area contributed by atoms with E-state index in [1.165, 1.54) is 29.5 Å². The SMILES string of the molecule is CCOc1cc(CNc2nccc3cc(-c4c5c(nc(CCc6ccc(F)cc6)c4-c4noc(=O)[nH]4)[C@H]4CCCN4C5=O)sc23)ccc1F. The van der Waals surface area contributed by atoms with Crippen LogP contribution in [0, 0.1) is 11.6 Å². The van der Waals surface area contributed by atoms with E-state index in [4.69, 9.17) is 14.2 Å². The highest BCUT2D eigenvalue weighted by atomic mass is 32.1. The number of anilines is 1. The number of hydrogen-bond donors (Lipinski definition) is 2. The molecule has 0 bridgehead atoms. The lowest BCUT2D eigenvalue weighted by molar-refractivity contribution is 0.0776. The van der Waals surface area contributed by atoms with Crippen LogP contribution < -0.4 is 15.8 Å². The Morgan fingerprint density at radius 1 is 1.04 bits per heavy atom. The van der Waals surface area contributed by atoms with Crippen molar-refractivity contribution < 1.29 is 22.8 Å². The van der Waals surface area contributed by atoms with E-state index in [-0.39, 0.29) is 29.3 Å². The third-order valence-electron chi connectivity index (χ3n) is 9.02. The van der Waals surface area contributed by atoms with E-state index in [0.29, 0.717) is 60.7 Å². The van der Waals surface area contributed by atoms with E-state index >= 15 is 0 Å². The quantitative estimate of drug-likeness (QED) is 0.157. The van der Waals surface area contributed by atoms with Gasteiger partial charge in [-0.2, -0.15) is 0 Å². The van der Waals surface area contributed by atoms with Gasteiger partial charge in [0.2, 0.25) is 0 Å². The van der Waals surface area contributed by atoms with Crippen molar-refractivity contribution in [2.75, 3.05) is 18.5 Å². The lowest BCUT2D eigenvalue weighted by atomic mass is 9.92. The molecule has 49 heavy (non-hydrogen) atoms. The molecule has 0 spiro atoms. The number of aromatic nitrogens is 4. The number of carbonyl (C=O) groups is 1. The van der Waals surface area contributed by atoms with Crippen LogP contribution in [0.25, 0.3) is 31.9 Å². The number of nitrogens with one attached hydrogen (secondary N) is 2. The lowest BCUT2D eigenvalue weighted by Crippen LogP contribution is -2.22. The number of aryl methyl sites for hydroxylation is 2. The molecule has 2 aliphatic heterocycles. The summed E-state index contributed by atoms with van der Waals surface area (Å²) in [6.45, 7) is 3.17. The predicted molar refractivity (Wildman–Crippen MR) is 181 cm³/mol. The number of benzene rings is 2. The van der Waals surface area contributed by atoms with Crippen molar-refractivity contribution in [2.24, 2.45) is 0 Å². The van der Waals surface area contributed by atoms with Gasteiger partial charge < -0.3 is 15.0 Å². The molecule has 6 aromatic rings. The first kappa shape index (κ1) is 30.9. The maximum atomic E-state index is 14.2. The summed E-state index contributed by atoms with van der Waals surface area (Å²) in [5.74, 6) is -0.568. The van der Waals surface area contributed by atoms with Gasteiger partial charge in [0, 0.05) is 29.7 Å². The van der Waals surface area contributed by atoms with Gasteiger partial charge in [0.1, 0.15) is 11.6 Å². The standard InChI is InChI=1S/C36H30F2N6O4S/c1-2-47-26-16-20(7-11-23(26)38)18-40-34-32-21(13-14-39-34)17-27(49-32)29-28(33-42-36(46)48-43-33)24(12-8-19-5-9-22(37)10-6-19)41-31-25-4-3-15-44(25)35(45)30(29)31/h5-7,9-11,13-14,16-17,25H,2-4,8,12,15,18H2,1H3,(H,39,40)(H,42,43,46)/t25-/m1/s1. The first-order valence-corrected chi connectivity index (χ1v) is 16.9. The number of ether oxygens (including phenoxy) is 1. The van der Waals surface area contributed by atoms with Crippen molar-refractivity contribution in [3.05, 3.63) is 111 Å². The predicted octanol–water partition coefficient (Wildman–Crippen LogP) is 7.07. The maximum absolute atomic E-state index is 14.2. The van der Waals surface area contributed by atoms with E-state index in [0.717, 1.165) is 44.6 Å². The molecule has 0 aliphatic carbocycles. The van der Waals surface area contributed by atoms with Crippen molar-refractivity contribution in [3.63, 3.8) is 0 Å². The summed E-state index contributed by atoms with van der Waals surface area (Å²) < 4.78 is 39.1. The van der Waals surface area contributed by atoms with Gasteiger partial charge in [-0.3, -0.25) is 19.3 Å². The molecule has 0 radical (unpaired) electrons. The molecule has 13 heteroatoms. The fourth-order valence-electron chi connectivity index (χ4n) is 6.81. The van der Waals surface area contributed by atoms with Gasteiger partial charge in [0.25, 0.3) is 5.91 Å². The third kappa shape index (κ3) is 5.63. The van der Waals surface area contributed by atoms with Crippen LogP contribution in [-0.4, -0.2) is 44.1 Å². The van der Waals surface area contributed by atoms with Crippen LogP contribution in [0.15, 0.2) is 70.1 Å². The second kappa shape index (κ2) is 12.5. The molecule has 2 N–H and O–H groups in total. The van der Waals surface area contributed by atoms with E-state index in [1.54, 1.807) is 37.4 Å². The minimum atomic E-state index is -0.724. The Balaban J connectivity index is 1.26. The van der Waals surface area contributed by atoms with Crippen molar-refractivity contribution in [3.8, 4) is 27.6 Å². The van der Waals surface area contributed by atoms with Crippen LogP contribution in [0.4, 0.5) is 14.6 Å². The number of H-pyrrole nitrogens is 1. The molecule has 1 amide bonds. The Morgan fingerprint density at radius 3 is 2.67 bits per heavy atom. The summed E-state index contributed by atoms with van der Waals surface area (Å²) in [5.41, 5.74) is 4.76. The Bertz CT molecular complexity index is 2280. The number of pyridine rings is 2. The topological polar surface area (TPSA) is 126 Å². The fourth-order valence-corrected chi connectivity index (χ4v) is 7.99. The first-order valence-electron chi connectivity index (χ1n) is 16.1. The molecule has 8 rings (SSSR count). The molecular formula is C36H30F2N6O4S. The van der Waals surface area contributed by atoms with E-state index < -0.39 is 11.6 Å². The second-order valence-corrected chi connectivity index (χ2v) is 13.1. The maximum Gasteiger partial charge on any atom is 0.439 e. The highest BCUT2D eigenvalue weighted by molar-refractivity contribution is 7.23. The molecule has 0 saturated carbocycles. The Labute approximate surface area is 282 Å². The van der Waals surface area contributed by atoms with Gasteiger partial charge >= 0.3 is 5.76 Å². The second-order valence-electron chi connectivity index (χ2n) is 12.0. The number of amides is 1. The van der Waals surface area contributed by atoms with Crippen LogP contribution in [0.1, 0.15) is 58.7 Å². The average Bonchev–Trinajstić information content (AvgIpc) is 3.90. The van der Waals surface area contributed by atoms with Gasteiger partial charge in [0.05, 0.1) is 39.9 Å². The number of rotatable bonds is 10. The Kier molecular flexibility index (Phi) is 7.91.